The number of nitrogens with one attached hydrogen (secondary N) is 1. The molecule has 0 aliphatic carbocycles. The summed E-state index contributed by atoms with van der Waals surface area (Å²) in [7, 11) is -3.48. The highest BCUT2D eigenvalue weighted by Crippen LogP contribution is 2.07. The number of primary sulfonamides is 1. The van der Waals surface area contributed by atoms with Crippen LogP contribution in [-0.2, 0) is 14.8 Å². The van der Waals surface area contributed by atoms with Gasteiger partial charge in [-0.2, -0.15) is 0 Å². The van der Waals surface area contributed by atoms with Gasteiger partial charge in [0, 0.05) is 6.04 Å². The Morgan fingerprint density at radius 2 is 1.94 bits per heavy atom. The molecule has 7 heteroatoms. The smallest absolute Gasteiger partial charge is 0.407 e. The average Bonchev–Trinajstić information content (AvgIpc) is 1.95. The summed E-state index contributed by atoms with van der Waals surface area (Å²) >= 11 is 0. The number of carbonyl (C=O) groups is 1. The molecule has 16 heavy (non-hydrogen) atoms. The van der Waals surface area contributed by atoms with Crippen molar-refractivity contribution in [2.75, 3.05) is 5.75 Å². The van der Waals surface area contributed by atoms with Crippen LogP contribution in [0.1, 0.15) is 34.1 Å². The molecule has 1 atom stereocenters. The normalized spacial score (nSPS) is 14.3. The monoisotopic (exact) mass is 252 g/mol. The molecule has 6 nitrogen and oxygen atoms in total. The summed E-state index contributed by atoms with van der Waals surface area (Å²) in [6.07, 6.45) is -0.299. The average molecular weight is 252 g/mol. The molecule has 0 aromatic heterocycles. The molecule has 0 aromatic carbocycles. The highest BCUT2D eigenvalue weighted by atomic mass is 32.2. The van der Waals surface area contributed by atoms with Gasteiger partial charge in [-0.25, -0.2) is 18.4 Å². The highest BCUT2D eigenvalue weighted by Gasteiger charge is 2.18. The Kier molecular flexibility index (Phi) is 5.21. The second-order valence-electron chi connectivity index (χ2n) is 4.70. The number of rotatable bonds is 4. The zero-order chi connectivity index (χ0) is 13.0. The van der Waals surface area contributed by atoms with Crippen LogP contribution in [0, 0.1) is 0 Å². The molecular formula is C9H20N2O4S. The minimum atomic E-state index is -3.48. The van der Waals surface area contributed by atoms with Crippen molar-refractivity contribution < 1.29 is 17.9 Å². The Hall–Kier alpha value is -0.820. The maximum atomic E-state index is 11.3. The van der Waals surface area contributed by atoms with Crippen LogP contribution in [0.25, 0.3) is 0 Å². The number of hydrogen-bond donors (Lipinski definition) is 2. The van der Waals surface area contributed by atoms with E-state index in [1.54, 1.807) is 27.7 Å². The maximum Gasteiger partial charge on any atom is 0.407 e. The van der Waals surface area contributed by atoms with Crippen molar-refractivity contribution in [3.8, 4) is 0 Å². The fourth-order valence-corrected chi connectivity index (χ4v) is 1.60. The van der Waals surface area contributed by atoms with Crippen molar-refractivity contribution in [3.05, 3.63) is 0 Å². The van der Waals surface area contributed by atoms with Gasteiger partial charge < -0.3 is 10.1 Å². The first-order chi connectivity index (χ1) is 6.99. The third-order valence-corrected chi connectivity index (χ3v) is 2.40. The SMILES string of the molecule is CC(CCS(N)(=O)=O)NC(=O)OC(C)(C)C. The van der Waals surface area contributed by atoms with Crippen LogP contribution < -0.4 is 10.5 Å². The predicted molar refractivity (Wildman–Crippen MR) is 61.4 cm³/mol. The number of ether oxygens (including phenoxy) is 1. The summed E-state index contributed by atoms with van der Waals surface area (Å²) in [5, 5.41) is 7.37. The number of sulfonamides is 1. The van der Waals surface area contributed by atoms with E-state index in [1.165, 1.54) is 0 Å². The van der Waals surface area contributed by atoms with E-state index < -0.39 is 21.7 Å². The van der Waals surface area contributed by atoms with Gasteiger partial charge in [-0.15, -0.1) is 0 Å². The molecule has 0 fully saturated rings. The number of amides is 1. The van der Waals surface area contributed by atoms with E-state index in [1.807, 2.05) is 0 Å². The van der Waals surface area contributed by atoms with Crippen LogP contribution >= 0.6 is 0 Å². The Morgan fingerprint density at radius 3 is 2.31 bits per heavy atom. The Labute approximate surface area is 96.6 Å². The molecule has 0 heterocycles. The summed E-state index contributed by atoms with van der Waals surface area (Å²) in [4.78, 5) is 11.3. The summed E-state index contributed by atoms with van der Waals surface area (Å²) in [6, 6.07) is -0.298. The molecule has 0 rings (SSSR count). The van der Waals surface area contributed by atoms with Crippen molar-refractivity contribution in [3.63, 3.8) is 0 Å². The molecule has 0 bridgehead atoms. The Bertz CT molecular complexity index is 332. The predicted octanol–water partition coefficient (Wildman–Crippen LogP) is 0.578. The first-order valence-corrected chi connectivity index (χ1v) is 6.71. The molecule has 0 aliphatic rings. The third kappa shape index (κ3) is 9.72. The maximum absolute atomic E-state index is 11.3. The van der Waals surface area contributed by atoms with Crippen LogP contribution in [0.3, 0.4) is 0 Å². The van der Waals surface area contributed by atoms with E-state index >= 15 is 0 Å². The van der Waals surface area contributed by atoms with Crippen LogP contribution in [0.15, 0.2) is 0 Å². The van der Waals surface area contributed by atoms with Crippen LogP contribution in [0.4, 0.5) is 4.79 Å². The van der Waals surface area contributed by atoms with Crippen LogP contribution in [-0.4, -0.2) is 31.9 Å². The van der Waals surface area contributed by atoms with Gasteiger partial charge in [0.25, 0.3) is 0 Å². The lowest BCUT2D eigenvalue weighted by molar-refractivity contribution is 0.0507. The summed E-state index contributed by atoms with van der Waals surface area (Å²) in [6.45, 7) is 6.94. The number of carbonyl (C=O) groups excluding carboxylic acids is 1. The lowest BCUT2D eigenvalue weighted by Gasteiger charge is -2.21. The molecule has 0 spiro atoms. The summed E-state index contributed by atoms with van der Waals surface area (Å²) < 4.78 is 26.4. The van der Waals surface area contributed by atoms with Crippen LogP contribution in [0.2, 0.25) is 0 Å². The first kappa shape index (κ1) is 15.2. The van der Waals surface area contributed by atoms with Gasteiger partial charge >= 0.3 is 6.09 Å². The van der Waals surface area contributed by atoms with Crippen molar-refractivity contribution in [2.24, 2.45) is 5.14 Å². The van der Waals surface area contributed by atoms with Gasteiger partial charge in [-0.05, 0) is 34.1 Å². The Morgan fingerprint density at radius 1 is 1.44 bits per heavy atom. The second-order valence-corrected chi connectivity index (χ2v) is 6.44. The third-order valence-electron chi connectivity index (χ3n) is 1.60. The fourth-order valence-electron chi connectivity index (χ4n) is 0.922. The van der Waals surface area contributed by atoms with Gasteiger partial charge in [0.2, 0.25) is 10.0 Å². The summed E-state index contributed by atoms with van der Waals surface area (Å²) in [5.74, 6) is -0.163. The van der Waals surface area contributed by atoms with Crippen molar-refractivity contribution in [2.45, 2.75) is 45.8 Å². The van der Waals surface area contributed by atoms with Gasteiger partial charge in [-0.3, -0.25) is 0 Å². The number of nitrogens with two attached hydrogens (primary N) is 1. The molecule has 0 saturated carbocycles. The zero-order valence-electron chi connectivity index (χ0n) is 10.1. The largest absolute Gasteiger partial charge is 0.444 e. The lowest BCUT2D eigenvalue weighted by atomic mass is 10.2. The zero-order valence-corrected chi connectivity index (χ0v) is 10.9. The first-order valence-electron chi connectivity index (χ1n) is 4.99. The van der Waals surface area contributed by atoms with Crippen molar-refractivity contribution >= 4 is 16.1 Å². The van der Waals surface area contributed by atoms with E-state index in [2.05, 4.69) is 5.32 Å². The minimum Gasteiger partial charge on any atom is -0.444 e. The molecule has 1 amide bonds. The van der Waals surface area contributed by atoms with E-state index in [9.17, 15) is 13.2 Å². The fraction of sp³-hybridized carbons (Fsp3) is 0.889. The van der Waals surface area contributed by atoms with E-state index in [-0.39, 0.29) is 18.2 Å². The molecule has 0 radical (unpaired) electrons. The van der Waals surface area contributed by atoms with E-state index in [0.717, 1.165) is 0 Å². The van der Waals surface area contributed by atoms with Gasteiger partial charge in [0.05, 0.1) is 5.75 Å². The topological polar surface area (TPSA) is 98.5 Å². The van der Waals surface area contributed by atoms with Gasteiger partial charge in [0.1, 0.15) is 5.60 Å². The Balaban J connectivity index is 3.97. The van der Waals surface area contributed by atoms with E-state index in [4.69, 9.17) is 9.88 Å². The summed E-state index contributed by atoms with van der Waals surface area (Å²) in [5.41, 5.74) is -0.566. The van der Waals surface area contributed by atoms with Crippen molar-refractivity contribution in [1.82, 2.24) is 5.32 Å². The molecule has 1 unspecified atom stereocenters. The van der Waals surface area contributed by atoms with Crippen molar-refractivity contribution in [1.29, 1.82) is 0 Å². The molecule has 0 aliphatic heterocycles. The molecule has 96 valence electrons. The highest BCUT2D eigenvalue weighted by molar-refractivity contribution is 7.89. The number of alkyl carbamates (subject to hydrolysis) is 1. The van der Waals surface area contributed by atoms with Gasteiger partial charge in [-0.1, -0.05) is 0 Å². The quantitative estimate of drug-likeness (QED) is 0.764. The number of hydrogen-bond acceptors (Lipinski definition) is 4. The molecule has 0 saturated heterocycles. The minimum absolute atomic E-state index is 0.163. The molecular weight excluding hydrogens is 232 g/mol. The second kappa shape index (κ2) is 5.49. The molecule has 0 aromatic rings. The van der Waals surface area contributed by atoms with Crippen LogP contribution in [0.5, 0.6) is 0 Å². The van der Waals surface area contributed by atoms with Gasteiger partial charge in [0.15, 0.2) is 0 Å². The molecule has 3 N–H and O–H groups in total. The lowest BCUT2D eigenvalue weighted by Crippen LogP contribution is -2.38. The standard InChI is InChI=1S/C9H20N2O4S/c1-7(5-6-16(10,13)14)11-8(12)15-9(2,3)4/h7H,5-6H2,1-4H3,(H,11,12)(H2,10,13,14). The van der Waals surface area contributed by atoms with E-state index in [0.29, 0.717) is 0 Å².